The van der Waals surface area contributed by atoms with E-state index in [0.717, 1.165) is 89.9 Å². The third kappa shape index (κ3) is 48.9. The van der Waals surface area contributed by atoms with Gasteiger partial charge in [0, 0.05) is 12.8 Å². The van der Waals surface area contributed by atoms with Crippen LogP contribution in [0.3, 0.4) is 0 Å². The molecule has 0 aromatic carbocycles. The number of phosphoric acid groups is 1. The van der Waals surface area contributed by atoms with Crippen molar-refractivity contribution in [3.05, 3.63) is 72.9 Å². The molecule has 0 aliphatic heterocycles. The van der Waals surface area contributed by atoms with E-state index in [-0.39, 0.29) is 26.1 Å². The molecule has 2 atom stereocenters. The molecule has 0 amide bonds. The van der Waals surface area contributed by atoms with Gasteiger partial charge in [-0.3, -0.25) is 14.2 Å². The van der Waals surface area contributed by atoms with Crippen molar-refractivity contribution in [3.8, 4) is 0 Å². The molecule has 370 valence electrons. The molecule has 64 heavy (non-hydrogen) atoms. The zero-order valence-electron chi connectivity index (χ0n) is 41.7. The molecule has 0 rings (SSSR count). The Labute approximate surface area is 393 Å². The number of hydrogen-bond acceptors (Lipinski definition) is 8. The normalized spacial score (nSPS) is 14.0. The van der Waals surface area contributed by atoms with Crippen molar-refractivity contribution >= 4 is 19.8 Å². The Balaban J connectivity index is 3.88. The number of rotatable bonds is 46. The van der Waals surface area contributed by atoms with E-state index >= 15 is 0 Å². The molecular formula is C54H96NO8P. The van der Waals surface area contributed by atoms with Gasteiger partial charge in [-0.05, 0) is 64.2 Å². The van der Waals surface area contributed by atoms with Crippen molar-refractivity contribution in [2.24, 2.45) is 0 Å². The molecule has 0 bridgehead atoms. The highest BCUT2D eigenvalue weighted by atomic mass is 31.2. The molecule has 0 aliphatic rings. The van der Waals surface area contributed by atoms with Crippen LogP contribution in [0.25, 0.3) is 0 Å². The fourth-order valence-corrected chi connectivity index (χ4v) is 7.50. The number of allylic oxidation sites excluding steroid dienone is 12. The lowest BCUT2D eigenvalue weighted by Gasteiger charge is -2.28. The SMILES string of the molecule is CC/C=C\C/C=C\C/C=C\C/C=C\C/C=C\C/C=C\CCCCCCCCCCCCCCCCCCC(=O)OC(COC(=O)CCCCCCC)COP(=O)([O-])OCC[N+](C)(C)C. The summed E-state index contributed by atoms with van der Waals surface area (Å²) < 4.78 is 33.7. The molecule has 0 N–H and O–H groups in total. The van der Waals surface area contributed by atoms with Gasteiger partial charge in [-0.1, -0.05) is 202 Å². The molecule has 10 heteroatoms. The number of ether oxygens (including phenoxy) is 2. The van der Waals surface area contributed by atoms with Gasteiger partial charge >= 0.3 is 11.9 Å². The predicted molar refractivity (Wildman–Crippen MR) is 268 cm³/mol. The molecule has 0 fully saturated rings. The van der Waals surface area contributed by atoms with Crippen LogP contribution in [0, 0.1) is 0 Å². The van der Waals surface area contributed by atoms with Crippen LogP contribution in [0.4, 0.5) is 0 Å². The average molecular weight is 918 g/mol. The van der Waals surface area contributed by atoms with Crippen LogP contribution in [-0.2, 0) is 32.7 Å². The van der Waals surface area contributed by atoms with Crippen LogP contribution < -0.4 is 4.89 Å². The minimum Gasteiger partial charge on any atom is -0.756 e. The van der Waals surface area contributed by atoms with Crippen LogP contribution in [0.5, 0.6) is 0 Å². The van der Waals surface area contributed by atoms with Crippen molar-refractivity contribution in [3.63, 3.8) is 0 Å². The van der Waals surface area contributed by atoms with Gasteiger partial charge < -0.3 is 27.9 Å². The Bertz CT molecular complexity index is 1310. The first-order valence-electron chi connectivity index (χ1n) is 25.6. The number of hydrogen-bond donors (Lipinski definition) is 0. The number of esters is 2. The van der Waals surface area contributed by atoms with Gasteiger partial charge in [0.15, 0.2) is 6.10 Å². The van der Waals surface area contributed by atoms with E-state index in [0.29, 0.717) is 17.4 Å². The smallest absolute Gasteiger partial charge is 0.306 e. The summed E-state index contributed by atoms with van der Waals surface area (Å²) in [5.41, 5.74) is 0. The number of phosphoric ester groups is 1. The fourth-order valence-electron chi connectivity index (χ4n) is 6.78. The Morgan fingerprint density at radius 2 is 0.891 bits per heavy atom. The zero-order valence-corrected chi connectivity index (χ0v) is 42.6. The minimum atomic E-state index is -4.62. The molecule has 0 heterocycles. The number of carbonyl (C=O) groups is 2. The van der Waals surface area contributed by atoms with Crippen molar-refractivity contribution in [1.29, 1.82) is 0 Å². The third-order valence-corrected chi connectivity index (χ3v) is 11.7. The number of likely N-dealkylation sites (N-methyl/N-ethyl adjacent to an activating group) is 1. The monoisotopic (exact) mass is 918 g/mol. The Morgan fingerprint density at radius 3 is 1.33 bits per heavy atom. The van der Waals surface area contributed by atoms with Crippen molar-refractivity contribution < 1.29 is 42.1 Å². The van der Waals surface area contributed by atoms with Crippen LogP contribution in [-0.4, -0.2) is 70.0 Å². The molecule has 9 nitrogen and oxygen atoms in total. The number of carbonyl (C=O) groups excluding carboxylic acids is 2. The number of nitrogens with zero attached hydrogens (tertiary/aromatic N) is 1. The molecular weight excluding hydrogens is 822 g/mol. The predicted octanol–water partition coefficient (Wildman–Crippen LogP) is 14.7. The van der Waals surface area contributed by atoms with Gasteiger partial charge in [0.1, 0.15) is 19.8 Å². The molecule has 0 aromatic rings. The van der Waals surface area contributed by atoms with E-state index in [1.54, 1.807) is 0 Å². The molecule has 0 radical (unpaired) electrons. The lowest BCUT2D eigenvalue weighted by atomic mass is 10.0. The van der Waals surface area contributed by atoms with Crippen LogP contribution in [0.1, 0.15) is 206 Å². The van der Waals surface area contributed by atoms with E-state index in [1.165, 1.54) is 83.5 Å². The van der Waals surface area contributed by atoms with Crippen molar-refractivity contribution in [2.75, 3.05) is 47.5 Å². The van der Waals surface area contributed by atoms with Gasteiger partial charge in [0.2, 0.25) is 0 Å². The van der Waals surface area contributed by atoms with Crippen molar-refractivity contribution in [2.45, 2.75) is 213 Å². The highest BCUT2D eigenvalue weighted by Crippen LogP contribution is 2.38. The Hall–Kier alpha value is -2.55. The summed E-state index contributed by atoms with van der Waals surface area (Å²) in [6, 6.07) is 0. The quantitative estimate of drug-likeness (QED) is 0.0195. The van der Waals surface area contributed by atoms with E-state index in [9.17, 15) is 19.0 Å². The Morgan fingerprint density at radius 1 is 0.500 bits per heavy atom. The first kappa shape index (κ1) is 61.5. The van der Waals surface area contributed by atoms with Gasteiger partial charge in [-0.2, -0.15) is 0 Å². The fraction of sp³-hybridized carbons (Fsp3) is 0.741. The van der Waals surface area contributed by atoms with Gasteiger partial charge in [-0.25, -0.2) is 0 Å². The lowest BCUT2D eigenvalue weighted by molar-refractivity contribution is -0.870. The standard InChI is InChI=1S/C54H96NO8P/c1-6-8-10-12-13-14-15-16-17-18-19-20-21-22-23-24-25-26-27-28-29-30-31-32-33-34-35-36-37-38-39-40-41-43-45-47-54(57)63-52(50-60-53(56)46-44-42-11-9-7-2)51-62-64(58,59)61-49-48-55(3,4)5/h8,10,13-14,16-17,19-20,22-23,25-26,52H,6-7,9,11-12,15,18,21,24,27-51H2,1-5H3/b10-8-,14-13-,17-16-,20-19-,23-22-,26-25-. The molecule has 0 saturated carbocycles. The largest absolute Gasteiger partial charge is 0.756 e. The molecule has 0 saturated heterocycles. The first-order valence-corrected chi connectivity index (χ1v) is 27.1. The number of unbranched alkanes of at least 4 members (excludes halogenated alkanes) is 20. The number of quaternary nitrogens is 1. The summed E-state index contributed by atoms with van der Waals surface area (Å²) in [6.45, 7) is 4.01. The summed E-state index contributed by atoms with van der Waals surface area (Å²) in [7, 11) is 1.16. The van der Waals surface area contributed by atoms with Gasteiger partial charge in [0.25, 0.3) is 7.82 Å². The van der Waals surface area contributed by atoms with Gasteiger partial charge in [0.05, 0.1) is 27.7 Å². The maximum Gasteiger partial charge on any atom is 0.306 e. The summed E-state index contributed by atoms with van der Waals surface area (Å²) >= 11 is 0. The second-order valence-corrected chi connectivity index (χ2v) is 19.6. The highest BCUT2D eigenvalue weighted by Gasteiger charge is 2.21. The zero-order chi connectivity index (χ0) is 47.1. The first-order chi connectivity index (χ1) is 31.0. The molecule has 0 aliphatic carbocycles. The van der Waals surface area contributed by atoms with Crippen LogP contribution >= 0.6 is 7.82 Å². The molecule has 0 spiro atoms. The summed E-state index contributed by atoms with van der Waals surface area (Å²) in [4.78, 5) is 37.3. The second kappa shape index (κ2) is 45.6. The van der Waals surface area contributed by atoms with Gasteiger partial charge in [-0.15, -0.1) is 0 Å². The maximum absolute atomic E-state index is 12.6. The average Bonchev–Trinajstić information content (AvgIpc) is 3.25. The summed E-state index contributed by atoms with van der Waals surface area (Å²) in [5.74, 6) is -0.847. The maximum atomic E-state index is 12.6. The topological polar surface area (TPSA) is 111 Å². The lowest BCUT2D eigenvalue weighted by Crippen LogP contribution is -2.37. The minimum absolute atomic E-state index is 0.0315. The van der Waals surface area contributed by atoms with Crippen LogP contribution in [0.2, 0.25) is 0 Å². The summed E-state index contributed by atoms with van der Waals surface area (Å²) in [5, 5.41) is 0. The van der Waals surface area contributed by atoms with E-state index < -0.39 is 32.5 Å². The van der Waals surface area contributed by atoms with E-state index in [4.69, 9.17) is 18.5 Å². The molecule has 2 unspecified atom stereocenters. The molecule has 0 aromatic heterocycles. The highest BCUT2D eigenvalue weighted by molar-refractivity contribution is 7.45. The Kier molecular flexibility index (Phi) is 43.8. The summed E-state index contributed by atoms with van der Waals surface area (Å²) in [6.07, 6.45) is 58.7. The van der Waals surface area contributed by atoms with Crippen molar-refractivity contribution in [1.82, 2.24) is 0 Å². The van der Waals surface area contributed by atoms with Crippen LogP contribution in [0.15, 0.2) is 72.9 Å². The van der Waals surface area contributed by atoms with E-state index in [2.05, 4.69) is 86.8 Å². The third-order valence-electron chi connectivity index (χ3n) is 10.7. The second-order valence-electron chi connectivity index (χ2n) is 18.2. The van der Waals surface area contributed by atoms with E-state index in [1.807, 2.05) is 21.1 Å².